The second kappa shape index (κ2) is 5.88. The Morgan fingerprint density at radius 3 is 2.40 bits per heavy atom. The van der Waals surface area contributed by atoms with Crippen LogP contribution in [0.1, 0.15) is 6.42 Å². The molecular weight excluding hydrogens is 297 g/mol. The molecule has 5 nitrogen and oxygen atoms in total. The summed E-state index contributed by atoms with van der Waals surface area (Å²) in [6.07, 6.45) is -5.49. The summed E-state index contributed by atoms with van der Waals surface area (Å²) in [4.78, 5) is -0.0984. The number of nitrogen functional groups attached to an aromatic ring is 1. The highest BCUT2D eigenvalue weighted by Gasteiger charge is 2.27. The molecule has 1 rings (SSSR count). The standard InChI is InChI=1S/C11H15F3N2O3S/c1-16(2)20(17,18)8-3-4-9(15)10(7-8)19-6-5-11(12,13)14/h3-4,7H,5-6,15H2,1-2H3. The van der Waals surface area contributed by atoms with Crippen LogP contribution in [0.25, 0.3) is 0 Å². The molecule has 0 bridgehead atoms. The number of sulfonamides is 1. The first kappa shape index (κ1) is 16.6. The maximum absolute atomic E-state index is 12.0. The van der Waals surface area contributed by atoms with E-state index in [1.807, 2.05) is 0 Å². The molecule has 0 spiro atoms. The van der Waals surface area contributed by atoms with Crippen LogP contribution in [0.5, 0.6) is 5.75 Å². The molecule has 0 amide bonds. The molecule has 1 aromatic rings. The first-order chi connectivity index (χ1) is 9.04. The Morgan fingerprint density at radius 2 is 1.90 bits per heavy atom. The van der Waals surface area contributed by atoms with Crippen LogP contribution in [-0.4, -0.2) is 39.6 Å². The Kier molecular flexibility index (Phi) is 4.87. The largest absolute Gasteiger partial charge is 0.491 e. The molecular formula is C11H15F3N2O3S. The molecule has 1 aromatic carbocycles. The molecule has 0 aliphatic rings. The van der Waals surface area contributed by atoms with E-state index in [-0.39, 0.29) is 16.3 Å². The minimum Gasteiger partial charge on any atom is -0.491 e. The maximum atomic E-state index is 12.0. The van der Waals surface area contributed by atoms with Gasteiger partial charge in [-0.3, -0.25) is 0 Å². The summed E-state index contributed by atoms with van der Waals surface area (Å²) in [6, 6.07) is 3.65. The molecule has 20 heavy (non-hydrogen) atoms. The molecule has 0 fully saturated rings. The minimum atomic E-state index is -4.35. The first-order valence-electron chi connectivity index (χ1n) is 5.55. The van der Waals surface area contributed by atoms with Gasteiger partial charge in [-0.15, -0.1) is 0 Å². The minimum absolute atomic E-state index is 0.0740. The highest BCUT2D eigenvalue weighted by atomic mass is 32.2. The normalized spacial score (nSPS) is 12.7. The van der Waals surface area contributed by atoms with Gasteiger partial charge in [-0.2, -0.15) is 13.2 Å². The van der Waals surface area contributed by atoms with Crippen LogP contribution in [0.2, 0.25) is 0 Å². The van der Waals surface area contributed by atoms with Crippen LogP contribution in [-0.2, 0) is 10.0 Å². The van der Waals surface area contributed by atoms with E-state index >= 15 is 0 Å². The predicted octanol–water partition coefficient (Wildman–Crippen LogP) is 1.85. The van der Waals surface area contributed by atoms with Crippen molar-refractivity contribution in [3.8, 4) is 5.75 Å². The van der Waals surface area contributed by atoms with Gasteiger partial charge in [0.1, 0.15) is 5.75 Å². The second-order valence-corrected chi connectivity index (χ2v) is 6.35. The van der Waals surface area contributed by atoms with Crippen molar-refractivity contribution in [1.29, 1.82) is 0 Å². The Labute approximate surface area is 115 Å². The molecule has 9 heteroatoms. The van der Waals surface area contributed by atoms with Crippen molar-refractivity contribution in [3.05, 3.63) is 18.2 Å². The molecule has 0 aromatic heterocycles. The van der Waals surface area contributed by atoms with Crippen LogP contribution in [0.4, 0.5) is 18.9 Å². The van der Waals surface area contributed by atoms with Crippen LogP contribution >= 0.6 is 0 Å². The lowest BCUT2D eigenvalue weighted by Gasteiger charge is -2.14. The van der Waals surface area contributed by atoms with Crippen molar-refractivity contribution in [2.45, 2.75) is 17.5 Å². The quantitative estimate of drug-likeness (QED) is 0.842. The zero-order valence-corrected chi connectivity index (χ0v) is 11.8. The second-order valence-electron chi connectivity index (χ2n) is 4.20. The van der Waals surface area contributed by atoms with E-state index in [0.717, 1.165) is 10.4 Å². The molecule has 0 heterocycles. The van der Waals surface area contributed by atoms with Crippen LogP contribution in [0.3, 0.4) is 0 Å². The zero-order chi connectivity index (χ0) is 15.6. The summed E-state index contributed by atoms with van der Waals surface area (Å²) in [6.45, 7) is -0.626. The van der Waals surface area contributed by atoms with Gasteiger partial charge in [-0.1, -0.05) is 0 Å². The van der Waals surface area contributed by atoms with Crippen LogP contribution < -0.4 is 10.5 Å². The van der Waals surface area contributed by atoms with Gasteiger partial charge < -0.3 is 10.5 Å². The van der Waals surface area contributed by atoms with E-state index in [4.69, 9.17) is 10.5 Å². The van der Waals surface area contributed by atoms with E-state index in [2.05, 4.69) is 0 Å². The number of nitrogens with zero attached hydrogens (tertiary/aromatic N) is 1. The highest BCUT2D eigenvalue weighted by molar-refractivity contribution is 7.89. The van der Waals surface area contributed by atoms with Gasteiger partial charge in [0.2, 0.25) is 10.0 Å². The molecule has 114 valence electrons. The average molecular weight is 312 g/mol. The van der Waals surface area contributed by atoms with Crippen molar-refractivity contribution < 1.29 is 26.3 Å². The number of nitrogens with two attached hydrogens (primary N) is 1. The van der Waals surface area contributed by atoms with Crippen molar-refractivity contribution in [1.82, 2.24) is 4.31 Å². The lowest BCUT2D eigenvalue weighted by atomic mass is 10.3. The van der Waals surface area contributed by atoms with Gasteiger partial charge in [0.15, 0.2) is 0 Å². The Hall–Kier alpha value is -1.48. The average Bonchev–Trinajstić information content (AvgIpc) is 2.29. The number of hydrogen-bond donors (Lipinski definition) is 1. The number of rotatable bonds is 5. The summed E-state index contributed by atoms with van der Waals surface area (Å²) >= 11 is 0. The Morgan fingerprint density at radius 1 is 1.30 bits per heavy atom. The molecule has 0 aliphatic carbocycles. The molecule has 0 saturated heterocycles. The summed E-state index contributed by atoms with van der Waals surface area (Å²) in [5, 5.41) is 0. The highest BCUT2D eigenvalue weighted by Crippen LogP contribution is 2.27. The fraction of sp³-hybridized carbons (Fsp3) is 0.455. The SMILES string of the molecule is CN(C)S(=O)(=O)c1ccc(N)c(OCCC(F)(F)F)c1. The number of halogens is 3. The van der Waals surface area contributed by atoms with Crippen molar-refractivity contribution in [2.75, 3.05) is 26.4 Å². The van der Waals surface area contributed by atoms with Gasteiger partial charge in [-0.05, 0) is 12.1 Å². The van der Waals surface area contributed by atoms with Gasteiger partial charge in [-0.25, -0.2) is 12.7 Å². The third-order valence-electron chi connectivity index (χ3n) is 2.41. The van der Waals surface area contributed by atoms with Gasteiger partial charge in [0.25, 0.3) is 0 Å². The lowest BCUT2D eigenvalue weighted by Crippen LogP contribution is -2.22. The predicted molar refractivity (Wildman–Crippen MR) is 67.9 cm³/mol. The monoisotopic (exact) mass is 312 g/mol. The summed E-state index contributed by atoms with van der Waals surface area (Å²) in [7, 11) is -1.01. The molecule has 0 saturated carbocycles. The first-order valence-corrected chi connectivity index (χ1v) is 6.99. The Balaban J connectivity index is 2.93. The van der Waals surface area contributed by atoms with Crippen LogP contribution in [0.15, 0.2) is 23.1 Å². The van der Waals surface area contributed by atoms with Gasteiger partial charge in [0, 0.05) is 20.2 Å². The molecule has 0 aliphatic heterocycles. The van der Waals surface area contributed by atoms with E-state index < -0.39 is 29.2 Å². The number of ether oxygens (including phenoxy) is 1. The Bertz CT molecular complexity index is 571. The van der Waals surface area contributed by atoms with Gasteiger partial charge in [0.05, 0.1) is 23.6 Å². The number of hydrogen-bond acceptors (Lipinski definition) is 4. The van der Waals surface area contributed by atoms with E-state index in [1.54, 1.807) is 0 Å². The molecule has 2 N–H and O–H groups in total. The molecule has 0 radical (unpaired) electrons. The number of anilines is 1. The topological polar surface area (TPSA) is 72.6 Å². The fourth-order valence-electron chi connectivity index (χ4n) is 1.29. The maximum Gasteiger partial charge on any atom is 0.392 e. The summed E-state index contributed by atoms with van der Waals surface area (Å²) in [5.41, 5.74) is 5.62. The summed E-state index contributed by atoms with van der Waals surface area (Å²) in [5.74, 6) is -0.0859. The lowest BCUT2D eigenvalue weighted by molar-refractivity contribution is -0.139. The van der Waals surface area contributed by atoms with Gasteiger partial charge >= 0.3 is 6.18 Å². The summed E-state index contributed by atoms with van der Waals surface area (Å²) < 4.78 is 65.7. The van der Waals surface area contributed by atoms with Crippen molar-refractivity contribution in [3.63, 3.8) is 0 Å². The van der Waals surface area contributed by atoms with E-state index in [1.165, 1.54) is 26.2 Å². The third-order valence-corrected chi connectivity index (χ3v) is 4.22. The van der Waals surface area contributed by atoms with E-state index in [9.17, 15) is 21.6 Å². The molecule has 0 atom stereocenters. The molecule has 0 unspecified atom stereocenters. The zero-order valence-electron chi connectivity index (χ0n) is 10.9. The van der Waals surface area contributed by atoms with E-state index in [0.29, 0.717) is 0 Å². The fourth-order valence-corrected chi connectivity index (χ4v) is 2.21. The smallest absolute Gasteiger partial charge is 0.392 e. The van der Waals surface area contributed by atoms with Crippen molar-refractivity contribution in [2.24, 2.45) is 0 Å². The van der Waals surface area contributed by atoms with Crippen LogP contribution in [0, 0.1) is 0 Å². The number of alkyl halides is 3. The number of benzene rings is 1. The third kappa shape index (κ3) is 4.27. The van der Waals surface area contributed by atoms with Crippen molar-refractivity contribution >= 4 is 15.7 Å².